The molecule has 0 bridgehead atoms. The van der Waals surface area contributed by atoms with Crippen molar-refractivity contribution in [2.24, 2.45) is 0 Å². The van der Waals surface area contributed by atoms with E-state index in [0.29, 0.717) is 0 Å². The van der Waals surface area contributed by atoms with Gasteiger partial charge in [-0.3, -0.25) is 8.73 Å². The molecule has 0 rings (SSSR count). The zero-order valence-electron chi connectivity index (χ0n) is 17.3. The summed E-state index contributed by atoms with van der Waals surface area (Å²) in [5.41, 5.74) is 0. The lowest BCUT2D eigenvalue weighted by molar-refractivity contribution is -0.472. The molecule has 0 fully saturated rings. The Hall–Kier alpha value is -1.01. The minimum atomic E-state index is -8.89. The van der Waals surface area contributed by atoms with E-state index in [0.717, 1.165) is 6.92 Å². The first kappa shape index (κ1) is 37.0. The summed E-state index contributed by atoms with van der Waals surface area (Å²) < 4.78 is 261. The number of hydrogen-bond donors (Lipinski definition) is 1. The fourth-order valence-electron chi connectivity index (χ4n) is 1.97. The van der Waals surface area contributed by atoms with Crippen molar-refractivity contribution in [1.82, 2.24) is 4.31 Å². The molecule has 0 amide bonds. The smallest absolute Gasteiger partial charge is 0.477 e. The maximum absolute atomic E-state index is 13.6. The van der Waals surface area contributed by atoms with E-state index in [2.05, 4.69) is 9.05 Å². The third kappa shape index (κ3) is 6.16. The SMILES string of the molecule is CCN(CCOP(=O)(O)OC(F)(F)C(F)(F)C(F)(F)C(F)(F)C(F)(F)C(F)(F)C(F)(F)C(F)(F)F)S(=O)[O-]. The lowest BCUT2D eigenvalue weighted by Gasteiger charge is -2.42. The van der Waals surface area contributed by atoms with Crippen molar-refractivity contribution in [3.05, 3.63) is 0 Å². The van der Waals surface area contributed by atoms with E-state index >= 15 is 0 Å². The molecule has 0 radical (unpaired) electrons. The van der Waals surface area contributed by atoms with Gasteiger partial charge in [-0.25, -0.2) is 13.4 Å². The van der Waals surface area contributed by atoms with Crippen molar-refractivity contribution in [3.63, 3.8) is 0 Å². The Morgan fingerprint density at radius 1 is 0.737 bits per heavy atom. The Morgan fingerprint density at radius 2 is 1.08 bits per heavy atom. The molecule has 0 aromatic heterocycles. The van der Waals surface area contributed by atoms with Crippen molar-refractivity contribution >= 4 is 19.1 Å². The van der Waals surface area contributed by atoms with Crippen LogP contribution in [0.15, 0.2) is 0 Å². The van der Waals surface area contributed by atoms with Gasteiger partial charge >= 0.3 is 55.6 Å². The number of phosphoric ester groups is 1. The quantitative estimate of drug-likeness (QED) is 0.158. The number of rotatable bonds is 14. The van der Waals surface area contributed by atoms with Crippen LogP contribution in [0, 0.1) is 0 Å². The van der Waals surface area contributed by atoms with Gasteiger partial charge in [0.2, 0.25) is 0 Å². The summed E-state index contributed by atoms with van der Waals surface area (Å²) in [6.45, 7) is -2.02. The summed E-state index contributed by atoms with van der Waals surface area (Å²) in [7, 11) is -6.89. The van der Waals surface area contributed by atoms with Crippen LogP contribution in [0.4, 0.5) is 74.6 Å². The van der Waals surface area contributed by atoms with Crippen LogP contribution in [-0.2, 0) is 24.9 Å². The highest BCUT2D eigenvalue weighted by atomic mass is 32.2. The molecule has 0 aromatic carbocycles. The summed E-state index contributed by atoms with van der Waals surface area (Å²) in [6.07, 6.45) is -15.5. The van der Waals surface area contributed by atoms with Crippen molar-refractivity contribution in [2.45, 2.75) is 54.7 Å². The van der Waals surface area contributed by atoms with E-state index in [4.69, 9.17) is 4.89 Å². The molecule has 2 unspecified atom stereocenters. The van der Waals surface area contributed by atoms with Crippen LogP contribution in [-0.4, -0.2) is 85.5 Å². The van der Waals surface area contributed by atoms with Gasteiger partial charge < -0.3 is 9.45 Å². The average Bonchev–Trinajstić information content (AvgIpc) is 2.68. The van der Waals surface area contributed by atoms with Gasteiger partial charge in [0.25, 0.3) is 0 Å². The lowest BCUT2D eigenvalue weighted by atomic mass is 9.91. The van der Waals surface area contributed by atoms with Crippen LogP contribution in [0.1, 0.15) is 6.92 Å². The number of likely N-dealkylation sites (N-methyl/N-ethyl adjacent to an activating group) is 1. The third-order valence-corrected chi connectivity index (χ3v) is 5.91. The Bertz CT molecular complexity index is 912. The zero-order chi connectivity index (χ0) is 31.2. The van der Waals surface area contributed by atoms with Gasteiger partial charge in [-0.15, -0.1) is 0 Å². The molecule has 38 heavy (non-hydrogen) atoms. The normalized spacial score (nSPS) is 18.0. The molecule has 0 spiro atoms. The maximum Gasteiger partial charge on any atom is 0.477 e. The molecular formula is C12H10F17NO6PS-. The van der Waals surface area contributed by atoms with Gasteiger partial charge in [0.15, 0.2) is 0 Å². The van der Waals surface area contributed by atoms with E-state index < -0.39 is 86.6 Å². The predicted octanol–water partition coefficient (Wildman–Crippen LogP) is 5.20. The predicted molar refractivity (Wildman–Crippen MR) is 83.7 cm³/mol. The second kappa shape index (κ2) is 10.8. The Labute approximate surface area is 200 Å². The summed E-state index contributed by atoms with van der Waals surface area (Å²) in [6, 6.07) is 0. The Balaban J connectivity index is 6.34. The number of alkyl halides is 17. The zero-order valence-corrected chi connectivity index (χ0v) is 19.0. The van der Waals surface area contributed by atoms with E-state index in [1.54, 1.807) is 0 Å². The minimum absolute atomic E-state index is 0.264. The molecule has 0 aliphatic heterocycles. The standard InChI is InChI=1S/C12H11F17NO6PS/c1-2-30(38(33)34)3-4-35-37(31,32)36-12(28,29)10(23,24)8(19,20)6(15,16)5(13,14)7(17,18)9(21,22)11(25,26)27/h2-4H2,1H3,(H,31,32)(H,33,34)/p-1. The molecule has 0 aliphatic carbocycles. The second-order valence-corrected chi connectivity index (χ2v) is 8.92. The molecule has 2 atom stereocenters. The second-order valence-electron chi connectivity index (χ2n) is 6.59. The lowest BCUT2D eigenvalue weighted by Crippen LogP contribution is -2.74. The van der Waals surface area contributed by atoms with Crippen LogP contribution in [0.2, 0.25) is 0 Å². The summed E-state index contributed by atoms with van der Waals surface area (Å²) in [5, 5.41) is 0. The summed E-state index contributed by atoms with van der Waals surface area (Å²) >= 11 is -3.13. The number of halogens is 17. The summed E-state index contributed by atoms with van der Waals surface area (Å²) in [5.74, 6) is -51.9. The van der Waals surface area contributed by atoms with Crippen molar-refractivity contribution < 1.29 is 102 Å². The molecule has 7 nitrogen and oxygen atoms in total. The number of phosphoric acid groups is 1. The van der Waals surface area contributed by atoms with Gasteiger partial charge in [0.05, 0.1) is 6.61 Å². The van der Waals surface area contributed by atoms with Crippen LogP contribution in [0.25, 0.3) is 0 Å². The van der Waals surface area contributed by atoms with Gasteiger partial charge in [-0.2, -0.15) is 74.6 Å². The first-order valence-corrected chi connectivity index (χ1v) is 11.1. The molecule has 0 heterocycles. The molecular weight excluding hydrogens is 640 g/mol. The number of nitrogens with zero attached hydrogens (tertiary/aromatic N) is 1. The fraction of sp³-hybridized carbons (Fsp3) is 1.00. The van der Waals surface area contributed by atoms with Crippen LogP contribution >= 0.6 is 7.82 Å². The maximum atomic E-state index is 13.6. The van der Waals surface area contributed by atoms with E-state index in [-0.39, 0.29) is 4.31 Å². The van der Waals surface area contributed by atoms with Gasteiger partial charge in [-0.05, 0) is 0 Å². The fourth-order valence-corrected chi connectivity index (χ4v) is 3.18. The topological polar surface area (TPSA) is 99.1 Å². The molecule has 1 N–H and O–H groups in total. The molecule has 0 saturated heterocycles. The van der Waals surface area contributed by atoms with E-state index in [1.807, 2.05) is 0 Å². The van der Waals surface area contributed by atoms with Crippen LogP contribution in [0.5, 0.6) is 0 Å². The first-order chi connectivity index (χ1) is 16.3. The van der Waals surface area contributed by atoms with E-state index in [9.17, 15) is 88.0 Å². The van der Waals surface area contributed by atoms with Crippen LogP contribution in [0.3, 0.4) is 0 Å². The van der Waals surface area contributed by atoms with Crippen molar-refractivity contribution in [3.8, 4) is 0 Å². The van der Waals surface area contributed by atoms with Crippen molar-refractivity contribution in [1.29, 1.82) is 0 Å². The highest BCUT2D eigenvalue weighted by molar-refractivity contribution is 7.76. The molecule has 0 saturated carbocycles. The first-order valence-electron chi connectivity index (χ1n) is 8.56. The molecule has 26 heteroatoms. The average molecular weight is 650 g/mol. The van der Waals surface area contributed by atoms with Gasteiger partial charge in [-0.1, -0.05) is 6.92 Å². The minimum Gasteiger partial charge on any atom is -0.760 e. The summed E-state index contributed by atoms with van der Waals surface area (Å²) in [4.78, 5) is 8.89. The van der Waals surface area contributed by atoms with Crippen molar-refractivity contribution in [2.75, 3.05) is 19.7 Å². The van der Waals surface area contributed by atoms with E-state index in [1.165, 1.54) is 0 Å². The largest absolute Gasteiger partial charge is 0.760 e. The van der Waals surface area contributed by atoms with Gasteiger partial charge in [0.1, 0.15) is 0 Å². The Kier molecular flexibility index (Phi) is 10.5. The molecule has 0 aromatic rings. The Morgan fingerprint density at radius 3 is 1.39 bits per heavy atom. The number of hydrogen-bond acceptors (Lipinski definition) is 5. The molecule has 0 aliphatic rings. The van der Waals surface area contributed by atoms with Gasteiger partial charge in [0, 0.05) is 24.4 Å². The highest BCUT2D eigenvalue weighted by Crippen LogP contribution is 2.65. The monoisotopic (exact) mass is 650 g/mol. The van der Waals surface area contributed by atoms with Crippen LogP contribution < -0.4 is 0 Å². The molecule has 230 valence electrons. The third-order valence-electron chi connectivity index (χ3n) is 4.08. The highest BCUT2D eigenvalue weighted by Gasteiger charge is 2.95.